The zero-order chi connectivity index (χ0) is 24.2. The molecule has 0 bridgehead atoms. The van der Waals surface area contributed by atoms with Gasteiger partial charge in [-0.25, -0.2) is 13.2 Å². The van der Waals surface area contributed by atoms with Crippen molar-refractivity contribution in [3.63, 3.8) is 0 Å². The van der Waals surface area contributed by atoms with Crippen molar-refractivity contribution in [3.8, 4) is 11.4 Å². The Balaban J connectivity index is 1.75. The molecule has 2 aromatic carbocycles. The molecular weight excluding hydrogens is 447 g/mol. The Kier molecular flexibility index (Phi) is 5.59. The van der Waals surface area contributed by atoms with Crippen molar-refractivity contribution in [2.24, 2.45) is 5.41 Å². The van der Waals surface area contributed by atoms with Gasteiger partial charge in [-0.3, -0.25) is 4.79 Å². The van der Waals surface area contributed by atoms with E-state index in [1.54, 1.807) is 37.3 Å². The maximum absolute atomic E-state index is 14.1. The molecule has 1 saturated carbocycles. The Morgan fingerprint density at radius 1 is 1.12 bits per heavy atom. The number of rotatable bonds is 5. The quantitative estimate of drug-likeness (QED) is 0.485. The Morgan fingerprint density at radius 3 is 2.44 bits per heavy atom. The van der Waals surface area contributed by atoms with Crippen molar-refractivity contribution in [1.82, 2.24) is 4.57 Å². The third-order valence-corrected chi connectivity index (χ3v) is 7.51. The van der Waals surface area contributed by atoms with Crippen LogP contribution in [0.15, 0.2) is 36.4 Å². The highest BCUT2D eigenvalue weighted by Gasteiger charge is 2.58. The summed E-state index contributed by atoms with van der Waals surface area (Å²) in [5, 5.41) is 20.5. The van der Waals surface area contributed by atoms with E-state index in [2.05, 4.69) is 0 Å². The van der Waals surface area contributed by atoms with Gasteiger partial charge in [-0.05, 0) is 86.1 Å². The number of hydrogen-bond donors (Lipinski definition) is 2. The average molecular weight is 473 g/mol. The van der Waals surface area contributed by atoms with E-state index >= 15 is 0 Å². The Morgan fingerprint density at radius 2 is 1.82 bits per heavy atom. The number of benzene rings is 2. The van der Waals surface area contributed by atoms with Gasteiger partial charge in [0, 0.05) is 35.9 Å². The van der Waals surface area contributed by atoms with E-state index in [-0.39, 0.29) is 30.3 Å². The van der Waals surface area contributed by atoms with Crippen molar-refractivity contribution in [3.05, 3.63) is 59.0 Å². The first-order chi connectivity index (χ1) is 16.2. The van der Waals surface area contributed by atoms with Crippen LogP contribution in [-0.4, -0.2) is 40.4 Å². The third kappa shape index (κ3) is 3.47. The second-order valence-electron chi connectivity index (χ2n) is 9.52. The molecule has 2 N–H and O–H groups in total. The lowest BCUT2D eigenvalue weighted by Crippen LogP contribution is -2.48. The standard InChI is InChI=1S/C26H26F3NO4/c1-14-10-17(2-4-20(14)27)30-21-5-3-18(31)11-19(21)22(23(30)15-6-8-34-9-7-15)16-12-26(13-16,24(28)29)25(32)33/h2-5,10-11,15-16,24,31H,6-9,12-13H2,1H3,(H,32,33). The summed E-state index contributed by atoms with van der Waals surface area (Å²) in [4.78, 5) is 11.7. The molecule has 5 rings (SSSR count). The molecule has 0 amide bonds. The Bertz CT molecular complexity index is 1260. The number of nitrogens with zero attached hydrogens (tertiary/aromatic N) is 1. The highest BCUT2D eigenvalue weighted by Crippen LogP contribution is 2.58. The van der Waals surface area contributed by atoms with E-state index in [9.17, 15) is 28.2 Å². The van der Waals surface area contributed by atoms with Gasteiger partial charge in [0.05, 0.1) is 5.52 Å². The molecule has 1 aromatic heterocycles. The number of aliphatic carboxylic acids is 1. The maximum Gasteiger partial charge on any atom is 0.315 e. The molecule has 2 aliphatic rings. The normalized spacial score (nSPS) is 23.4. The van der Waals surface area contributed by atoms with Crippen molar-refractivity contribution < 1.29 is 32.9 Å². The first kappa shape index (κ1) is 22.8. The summed E-state index contributed by atoms with van der Waals surface area (Å²) >= 11 is 0. The SMILES string of the molecule is Cc1cc(-n2c(C3CCOCC3)c(C3CC(C(=O)O)(C(F)F)C3)c3cc(O)ccc32)ccc1F. The van der Waals surface area contributed by atoms with E-state index in [4.69, 9.17) is 4.74 Å². The molecule has 5 nitrogen and oxygen atoms in total. The van der Waals surface area contributed by atoms with Gasteiger partial charge in [-0.15, -0.1) is 0 Å². The summed E-state index contributed by atoms with van der Waals surface area (Å²) in [7, 11) is 0. The van der Waals surface area contributed by atoms with Crippen LogP contribution in [0, 0.1) is 18.2 Å². The lowest BCUT2D eigenvalue weighted by Gasteiger charge is -2.44. The van der Waals surface area contributed by atoms with Gasteiger partial charge in [0.1, 0.15) is 17.0 Å². The van der Waals surface area contributed by atoms with E-state index < -0.39 is 23.7 Å². The molecule has 0 spiro atoms. The number of phenolic OH excluding ortho intramolecular Hbond substituents is 1. The number of ether oxygens (including phenoxy) is 1. The van der Waals surface area contributed by atoms with Crippen LogP contribution in [0.4, 0.5) is 13.2 Å². The van der Waals surface area contributed by atoms with E-state index in [0.717, 1.165) is 35.3 Å². The van der Waals surface area contributed by atoms with Crippen LogP contribution in [0.25, 0.3) is 16.6 Å². The van der Waals surface area contributed by atoms with Crippen LogP contribution >= 0.6 is 0 Å². The number of aromatic hydroxyl groups is 1. The van der Waals surface area contributed by atoms with E-state index in [1.807, 2.05) is 4.57 Å². The number of carboxylic acids is 1. The van der Waals surface area contributed by atoms with Crippen LogP contribution in [0.5, 0.6) is 5.75 Å². The minimum Gasteiger partial charge on any atom is -0.508 e. The number of phenols is 1. The molecule has 2 heterocycles. The van der Waals surface area contributed by atoms with E-state index in [0.29, 0.717) is 24.2 Å². The lowest BCUT2D eigenvalue weighted by atomic mass is 9.59. The summed E-state index contributed by atoms with van der Waals surface area (Å²) in [5.74, 6) is -2.11. The van der Waals surface area contributed by atoms with Gasteiger partial charge in [0.2, 0.25) is 0 Å². The molecule has 0 atom stereocenters. The number of carbonyl (C=O) groups is 1. The maximum atomic E-state index is 14.1. The molecule has 8 heteroatoms. The first-order valence-electron chi connectivity index (χ1n) is 11.5. The molecule has 1 aliphatic heterocycles. The van der Waals surface area contributed by atoms with Crippen molar-refractivity contribution in [1.29, 1.82) is 0 Å². The minimum atomic E-state index is -2.96. The predicted octanol–water partition coefficient (Wildman–Crippen LogP) is 5.89. The summed E-state index contributed by atoms with van der Waals surface area (Å²) in [5.41, 5.74) is 1.63. The fourth-order valence-electron chi connectivity index (χ4n) is 5.64. The molecule has 1 aliphatic carbocycles. The number of halogens is 3. The minimum absolute atomic E-state index is 0.0393. The second kappa shape index (κ2) is 8.34. The van der Waals surface area contributed by atoms with Crippen LogP contribution < -0.4 is 0 Å². The zero-order valence-corrected chi connectivity index (χ0v) is 18.7. The summed E-state index contributed by atoms with van der Waals surface area (Å²) in [6.45, 7) is 2.79. The summed E-state index contributed by atoms with van der Waals surface area (Å²) in [6.07, 6.45) is -1.86. The summed E-state index contributed by atoms with van der Waals surface area (Å²) < 4.78 is 49.2. The van der Waals surface area contributed by atoms with Gasteiger partial charge < -0.3 is 19.5 Å². The van der Waals surface area contributed by atoms with Crippen LogP contribution in [0.3, 0.4) is 0 Å². The van der Waals surface area contributed by atoms with Gasteiger partial charge in [-0.1, -0.05) is 0 Å². The molecule has 0 radical (unpaired) electrons. The number of fused-ring (bicyclic) bond motifs is 1. The Labute approximate surface area is 194 Å². The van der Waals surface area contributed by atoms with Crippen molar-refractivity contribution >= 4 is 16.9 Å². The number of alkyl halides is 2. The molecule has 180 valence electrons. The van der Waals surface area contributed by atoms with Gasteiger partial charge in [-0.2, -0.15) is 0 Å². The Hall–Kier alpha value is -3.00. The molecular formula is C26H26F3NO4. The molecule has 34 heavy (non-hydrogen) atoms. The fourth-order valence-corrected chi connectivity index (χ4v) is 5.64. The number of aromatic nitrogens is 1. The second-order valence-corrected chi connectivity index (χ2v) is 9.52. The molecule has 2 fully saturated rings. The van der Waals surface area contributed by atoms with Crippen molar-refractivity contribution in [2.45, 2.75) is 50.9 Å². The molecule has 3 aromatic rings. The zero-order valence-electron chi connectivity index (χ0n) is 18.7. The number of hydrogen-bond acceptors (Lipinski definition) is 3. The number of carboxylic acid groups (broad SMARTS) is 1. The highest BCUT2D eigenvalue weighted by molar-refractivity contribution is 5.90. The van der Waals surface area contributed by atoms with Gasteiger partial charge in [0.15, 0.2) is 0 Å². The largest absolute Gasteiger partial charge is 0.508 e. The topological polar surface area (TPSA) is 71.7 Å². The first-order valence-corrected chi connectivity index (χ1v) is 11.5. The van der Waals surface area contributed by atoms with E-state index in [1.165, 1.54) is 6.07 Å². The fraction of sp³-hybridized carbons (Fsp3) is 0.423. The van der Waals surface area contributed by atoms with Crippen molar-refractivity contribution in [2.75, 3.05) is 13.2 Å². The van der Waals surface area contributed by atoms with Crippen LogP contribution in [0.2, 0.25) is 0 Å². The highest BCUT2D eigenvalue weighted by atomic mass is 19.3. The smallest absolute Gasteiger partial charge is 0.315 e. The number of aryl methyl sites for hydroxylation is 1. The van der Waals surface area contributed by atoms with Crippen LogP contribution in [0.1, 0.15) is 54.3 Å². The monoisotopic (exact) mass is 473 g/mol. The lowest BCUT2D eigenvalue weighted by molar-refractivity contribution is -0.171. The van der Waals surface area contributed by atoms with Crippen LogP contribution in [-0.2, 0) is 9.53 Å². The third-order valence-electron chi connectivity index (χ3n) is 7.51. The average Bonchev–Trinajstić information content (AvgIpc) is 3.09. The molecule has 0 unspecified atom stereocenters. The van der Waals surface area contributed by atoms with Gasteiger partial charge in [0.25, 0.3) is 6.43 Å². The molecule has 1 saturated heterocycles. The summed E-state index contributed by atoms with van der Waals surface area (Å²) in [6, 6.07) is 9.78. The van der Waals surface area contributed by atoms with Gasteiger partial charge >= 0.3 is 5.97 Å². The predicted molar refractivity (Wildman–Crippen MR) is 120 cm³/mol.